The van der Waals surface area contributed by atoms with E-state index in [4.69, 9.17) is 5.11 Å². The van der Waals surface area contributed by atoms with Crippen molar-refractivity contribution < 1.29 is 9.90 Å². The average molecular weight is 300 g/mol. The van der Waals surface area contributed by atoms with E-state index < -0.39 is 5.97 Å². The number of carbonyl (C=O) groups is 1. The van der Waals surface area contributed by atoms with Crippen LogP contribution in [0.3, 0.4) is 0 Å². The minimum absolute atomic E-state index is 0.167. The van der Waals surface area contributed by atoms with E-state index in [1.165, 1.54) is 5.56 Å². The quantitative estimate of drug-likeness (QED) is 0.875. The number of anilines is 1. The molecule has 0 aliphatic heterocycles. The molecule has 4 heteroatoms. The molecule has 1 aromatic rings. The maximum atomic E-state index is 10.6. The summed E-state index contributed by atoms with van der Waals surface area (Å²) >= 11 is 3.54. The van der Waals surface area contributed by atoms with Gasteiger partial charge in [0.15, 0.2) is 0 Å². The van der Waals surface area contributed by atoms with Crippen molar-refractivity contribution in [3.05, 3.63) is 28.2 Å². The van der Waals surface area contributed by atoms with Crippen molar-refractivity contribution in [3.8, 4) is 0 Å². The van der Waals surface area contributed by atoms with Crippen LogP contribution in [0.1, 0.15) is 25.3 Å². The van der Waals surface area contributed by atoms with Gasteiger partial charge in [0.1, 0.15) is 0 Å². The molecule has 1 N–H and O–H groups in total. The van der Waals surface area contributed by atoms with Gasteiger partial charge in [0.25, 0.3) is 0 Å². The van der Waals surface area contributed by atoms with Gasteiger partial charge in [-0.25, -0.2) is 0 Å². The zero-order valence-electron chi connectivity index (χ0n) is 10.2. The van der Waals surface area contributed by atoms with Crippen molar-refractivity contribution in [2.45, 2.75) is 26.7 Å². The maximum absolute atomic E-state index is 10.6. The maximum Gasteiger partial charge on any atom is 0.305 e. The zero-order valence-corrected chi connectivity index (χ0v) is 11.8. The molecule has 0 aromatic heterocycles. The first-order valence-electron chi connectivity index (χ1n) is 5.77. The minimum Gasteiger partial charge on any atom is -0.481 e. The molecule has 0 aliphatic carbocycles. The van der Waals surface area contributed by atoms with Crippen LogP contribution in [0.5, 0.6) is 0 Å². The van der Waals surface area contributed by atoms with Crippen LogP contribution in [-0.2, 0) is 4.79 Å². The molecule has 1 aromatic carbocycles. The van der Waals surface area contributed by atoms with Gasteiger partial charge < -0.3 is 10.0 Å². The first kappa shape index (κ1) is 14.0. The van der Waals surface area contributed by atoms with Gasteiger partial charge in [-0.2, -0.15) is 0 Å². The van der Waals surface area contributed by atoms with Crippen LogP contribution in [0, 0.1) is 6.92 Å². The number of aliphatic carboxylic acids is 1. The Labute approximate surface area is 111 Å². The number of rotatable bonds is 6. The summed E-state index contributed by atoms with van der Waals surface area (Å²) in [5.41, 5.74) is 2.26. The van der Waals surface area contributed by atoms with Crippen LogP contribution in [0.2, 0.25) is 0 Å². The lowest BCUT2D eigenvalue weighted by atomic mass is 10.2. The summed E-state index contributed by atoms with van der Waals surface area (Å²) in [4.78, 5) is 12.7. The third-order valence-electron chi connectivity index (χ3n) is 2.53. The van der Waals surface area contributed by atoms with E-state index in [0.29, 0.717) is 6.54 Å². The molecule has 0 heterocycles. The highest BCUT2D eigenvalue weighted by Crippen LogP contribution is 2.27. The highest BCUT2D eigenvalue weighted by molar-refractivity contribution is 9.10. The predicted octanol–water partition coefficient (Wildman–Crippen LogP) is 3.45. The number of halogens is 1. The Hall–Kier alpha value is -1.03. The predicted molar refractivity (Wildman–Crippen MR) is 73.6 cm³/mol. The SMILES string of the molecule is CCCN(CCC(=O)O)c1ccc(C)cc1Br. The first-order chi connectivity index (χ1) is 8.04. The normalized spacial score (nSPS) is 10.3. The van der Waals surface area contributed by atoms with E-state index in [9.17, 15) is 4.79 Å². The summed E-state index contributed by atoms with van der Waals surface area (Å²) < 4.78 is 1.02. The van der Waals surface area contributed by atoms with Gasteiger partial charge in [0.05, 0.1) is 12.1 Å². The van der Waals surface area contributed by atoms with E-state index in [1.54, 1.807) is 0 Å². The molecule has 0 fully saturated rings. The fraction of sp³-hybridized carbons (Fsp3) is 0.462. The molecule has 0 unspecified atom stereocenters. The van der Waals surface area contributed by atoms with E-state index in [0.717, 1.165) is 23.1 Å². The van der Waals surface area contributed by atoms with E-state index in [2.05, 4.69) is 33.8 Å². The van der Waals surface area contributed by atoms with E-state index in [1.807, 2.05) is 19.1 Å². The number of aryl methyl sites for hydroxylation is 1. The Morgan fingerprint density at radius 3 is 2.65 bits per heavy atom. The molecular weight excluding hydrogens is 282 g/mol. The summed E-state index contributed by atoms with van der Waals surface area (Å²) in [7, 11) is 0. The van der Waals surface area contributed by atoms with Crippen molar-refractivity contribution in [1.29, 1.82) is 0 Å². The Morgan fingerprint density at radius 2 is 2.12 bits per heavy atom. The number of carboxylic acids is 1. The van der Waals surface area contributed by atoms with Crippen molar-refractivity contribution >= 4 is 27.6 Å². The Bertz CT molecular complexity index is 393. The van der Waals surface area contributed by atoms with Gasteiger partial charge in [0, 0.05) is 17.6 Å². The average Bonchev–Trinajstić information content (AvgIpc) is 2.24. The monoisotopic (exact) mass is 299 g/mol. The number of nitrogens with zero attached hydrogens (tertiary/aromatic N) is 1. The molecule has 0 saturated heterocycles. The smallest absolute Gasteiger partial charge is 0.305 e. The molecule has 1 rings (SSSR count). The zero-order chi connectivity index (χ0) is 12.8. The van der Waals surface area contributed by atoms with Gasteiger partial charge in [-0.15, -0.1) is 0 Å². The van der Waals surface area contributed by atoms with Gasteiger partial charge >= 0.3 is 5.97 Å². The van der Waals surface area contributed by atoms with Crippen LogP contribution >= 0.6 is 15.9 Å². The van der Waals surface area contributed by atoms with Crippen LogP contribution < -0.4 is 4.90 Å². The second kappa shape index (κ2) is 6.64. The van der Waals surface area contributed by atoms with Crippen LogP contribution in [-0.4, -0.2) is 24.2 Å². The van der Waals surface area contributed by atoms with E-state index >= 15 is 0 Å². The number of benzene rings is 1. The van der Waals surface area contributed by atoms with E-state index in [-0.39, 0.29) is 6.42 Å². The van der Waals surface area contributed by atoms with Gasteiger partial charge in [0.2, 0.25) is 0 Å². The highest BCUT2D eigenvalue weighted by atomic mass is 79.9. The molecule has 0 amide bonds. The molecule has 3 nitrogen and oxygen atoms in total. The molecular formula is C13H18BrNO2. The molecule has 0 radical (unpaired) electrons. The summed E-state index contributed by atoms with van der Waals surface area (Å²) in [6, 6.07) is 6.14. The summed E-state index contributed by atoms with van der Waals surface area (Å²) in [6.45, 7) is 5.55. The summed E-state index contributed by atoms with van der Waals surface area (Å²) in [5.74, 6) is -0.755. The molecule has 0 spiro atoms. The number of hydrogen-bond donors (Lipinski definition) is 1. The first-order valence-corrected chi connectivity index (χ1v) is 6.56. The molecule has 94 valence electrons. The van der Waals surface area contributed by atoms with Crippen molar-refractivity contribution in [3.63, 3.8) is 0 Å². The lowest BCUT2D eigenvalue weighted by molar-refractivity contribution is -0.136. The fourth-order valence-electron chi connectivity index (χ4n) is 1.72. The molecule has 17 heavy (non-hydrogen) atoms. The van der Waals surface area contributed by atoms with Gasteiger partial charge in [-0.3, -0.25) is 4.79 Å². The van der Waals surface area contributed by atoms with Crippen LogP contribution in [0.25, 0.3) is 0 Å². The molecule has 0 aliphatic rings. The van der Waals surface area contributed by atoms with Gasteiger partial charge in [-0.1, -0.05) is 13.0 Å². The van der Waals surface area contributed by atoms with Crippen molar-refractivity contribution in [2.24, 2.45) is 0 Å². The molecule has 0 bridgehead atoms. The third kappa shape index (κ3) is 4.38. The highest BCUT2D eigenvalue weighted by Gasteiger charge is 2.10. The Kier molecular flexibility index (Phi) is 5.48. The Morgan fingerprint density at radius 1 is 1.41 bits per heavy atom. The number of carboxylic acid groups (broad SMARTS) is 1. The largest absolute Gasteiger partial charge is 0.481 e. The van der Waals surface area contributed by atoms with Crippen molar-refractivity contribution in [1.82, 2.24) is 0 Å². The Balaban J connectivity index is 2.84. The van der Waals surface area contributed by atoms with Crippen molar-refractivity contribution in [2.75, 3.05) is 18.0 Å². The molecule has 0 atom stereocenters. The summed E-state index contributed by atoms with van der Waals surface area (Å²) in [5, 5.41) is 8.75. The van der Waals surface area contributed by atoms with Crippen LogP contribution in [0.15, 0.2) is 22.7 Å². The fourth-order valence-corrected chi connectivity index (χ4v) is 2.47. The second-order valence-corrected chi connectivity index (χ2v) is 4.94. The molecule has 0 saturated carbocycles. The number of hydrogen-bond acceptors (Lipinski definition) is 2. The van der Waals surface area contributed by atoms with Crippen LogP contribution in [0.4, 0.5) is 5.69 Å². The summed E-state index contributed by atoms with van der Waals surface area (Å²) in [6.07, 6.45) is 1.17. The lowest BCUT2D eigenvalue weighted by Gasteiger charge is -2.25. The third-order valence-corrected chi connectivity index (χ3v) is 3.17. The topological polar surface area (TPSA) is 40.5 Å². The second-order valence-electron chi connectivity index (χ2n) is 4.09. The van der Waals surface area contributed by atoms with Gasteiger partial charge in [-0.05, 0) is 47.0 Å². The minimum atomic E-state index is -0.755. The lowest BCUT2D eigenvalue weighted by Crippen LogP contribution is -2.27. The standard InChI is InChI=1S/C13H18BrNO2/c1-3-7-15(8-6-13(16)17)12-5-4-10(2)9-11(12)14/h4-5,9H,3,6-8H2,1-2H3,(H,16,17).